The number of piperazine rings is 1. The second-order valence-electron chi connectivity index (χ2n) is 6.80. The Balaban J connectivity index is 1.66. The number of nitrogens with zero attached hydrogens (tertiary/aromatic N) is 1. The number of nitrogens with one attached hydrogen (secondary N) is 1. The van der Waals surface area contributed by atoms with Crippen LogP contribution < -0.4 is 10.1 Å². The highest BCUT2D eigenvalue weighted by atomic mass is 127. The van der Waals surface area contributed by atoms with Crippen molar-refractivity contribution in [3.05, 3.63) is 61.2 Å². The highest BCUT2D eigenvalue weighted by molar-refractivity contribution is 14.1. The van der Waals surface area contributed by atoms with Crippen LogP contribution in [0.15, 0.2) is 48.5 Å². The van der Waals surface area contributed by atoms with Gasteiger partial charge in [-0.25, -0.2) is 0 Å². The molecule has 0 amide bonds. The van der Waals surface area contributed by atoms with Crippen LogP contribution in [-0.2, 0) is 6.54 Å². The second-order valence-corrected chi connectivity index (χ2v) is 9.21. The molecule has 3 nitrogen and oxygen atoms in total. The van der Waals surface area contributed by atoms with Crippen molar-refractivity contribution in [3.8, 4) is 5.75 Å². The molecule has 3 rings (SSSR count). The van der Waals surface area contributed by atoms with Crippen LogP contribution in [0.5, 0.6) is 5.75 Å². The first-order valence-corrected chi connectivity index (χ1v) is 11.4. The minimum atomic E-state index is 0.201. The van der Waals surface area contributed by atoms with E-state index in [1.165, 1.54) is 12.7 Å². The maximum absolute atomic E-state index is 6.48. The summed E-state index contributed by atoms with van der Waals surface area (Å²) >= 11 is 4.73. The van der Waals surface area contributed by atoms with Gasteiger partial charge in [0.25, 0.3) is 0 Å². The quantitative estimate of drug-likeness (QED) is 0.475. The van der Waals surface area contributed by atoms with Gasteiger partial charge in [-0.2, -0.15) is 0 Å². The Morgan fingerprint density at radius 1 is 1.19 bits per heavy atom. The van der Waals surface area contributed by atoms with Gasteiger partial charge < -0.3 is 10.1 Å². The lowest BCUT2D eigenvalue weighted by molar-refractivity contribution is 0.0867. The third-order valence-electron chi connectivity index (χ3n) is 4.73. The molecule has 2 aromatic rings. The molecule has 2 atom stereocenters. The molecule has 2 aromatic carbocycles. The summed E-state index contributed by atoms with van der Waals surface area (Å²) in [6.45, 7) is 6.38. The predicted octanol–water partition coefficient (Wildman–Crippen LogP) is 4.92. The summed E-state index contributed by atoms with van der Waals surface area (Å²) in [6.07, 6.45) is 2.40. The predicted molar refractivity (Wildman–Crippen MR) is 125 cm³/mol. The van der Waals surface area contributed by atoms with E-state index in [0.717, 1.165) is 44.8 Å². The van der Waals surface area contributed by atoms with Crippen LogP contribution in [0.1, 0.15) is 25.3 Å². The number of benzene rings is 2. The average molecular weight is 576 g/mol. The molecule has 0 spiro atoms. The molecule has 1 aliphatic heterocycles. The molecule has 0 aromatic heterocycles. The van der Waals surface area contributed by atoms with Gasteiger partial charge in [0, 0.05) is 29.7 Å². The lowest BCUT2D eigenvalue weighted by atomic mass is 10.0. The van der Waals surface area contributed by atoms with E-state index in [-0.39, 0.29) is 6.10 Å². The Labute approximate surface area is 184 Å². The van der Waals surface area contributed by atoms with Crippen LogP contribution in [0.3, 0.4) is 0 Å². The molecule has 1 aliphatic rings. The molecule has 140 valence electrons. The van der Waals surface area contributed by atoms with Crippen LogP contribution in [0.25, 0.3) is 0 Å². The molecule has 1 N–H and O–H groups in total. The van der Waals surface area contributed by atoms with Crippen molar-refractivity contribution in [2.75, 3.05) is 19.6 Å². The Hall–Kier alpha value is -0.380. The molecule has 26 heavy (non-hydrogen) atoms. The summed E-state index contributed by atoms with van der Waals surface area (Å²) in [5, 5.41) is 3.70. The van der Waals surface area contributed by atoms with Crippen molar-refractivity contribution >= 4 is 45.2 Å². The van der Waals surface area contributed by atoms with E-state index in [1.807, 2.05) is 0 Å². The van der Waals surface area contributed by atoms with Gasteiger partial charge in [-0.1, -0.05) is 43.7 Å². The molecule has 0 aliphatic carbocycles. The molecule has 5 heteroatoms. The molecule has 2 unspecified atom stereocenters. The molecule has 0 saturated carbocycles. The third-order valence-corrected chi connectivity index (χ3v) is 6.25. The molecule has 1 saturated heterocycles. The van der Waals surface area contributed by atoms with Gasteiger partial charge in [-0.3, -0.25) is 4.90 Å². The minimum Gasteiger partial charge on any atom is -0.488 e. The largest absolute Gasteiger partial charge is 0.488 e. The molecule has 1 heterocycles. The van der Waals surface area contributed by atoms with Crippen molar-refractivity contribution in [1.29, 1.82) is 0 Å². The SMILES string of the molecule is CCCC(Oc1ccc(I)cc1I)C1CN(Cc2ccccc2)CCN1. The highest BCUT2D eigenvalue weighted by Crippen LogP contribution is 2.26. The van der Waals surface area contributed by atoms with Gasteiger partial charge in [0.05, 0.1) is 9.61 Å². The van der Waals surface area contributed by atoms with Crippen molar-refractivity contribution in [1.82, 2.24) is 10.2 Å². The van der Waals surface area contributed by atoms with Crippen molar-refractivity contribution < 1.29 is 4.74 Å². The fourth-order valence-corrected chi connectivity index (χ4v) is 5.17. The van der Waals surface area contributed by atoms with E-state index in [2.05, 4.69) is 111 Å². The number of rotatable bonds is 7. The lowest BCUT2D eigenvalue weighted by Crippen LogP contribution is -2.56. The van der Waals surface area contributed by atoms with Crippen LogP contribution in [0.2, 0.25) is 0 Å². The zero-order chi connectivity index (χ0) is 18.4. The van der Waals surface area contributed by atoms with Crippen molar-refractivity contribution in [2.45, 2.75) is 38.5 Å². The van der Waals surface area contributed by atoms with E-state index in [1.54, 1.807) is 0 Å². The fraction of sp³-hybridized carbons (Fsp3) is 0.429. The molecular formula is C21H26I2N2O. The number of hydrogen-bond donors (Lipinski definition) is 1. The van der Waals surface area contributed by atoms with Gasteiger partial charge in [0.2, 0.25) is 0 Å². The van der Waals surface area contributed by atoms with E-state index in [4.69, 9.17) is 4.74 Å². The summed E-state index contributed by atoms with van der Waals surface area (Å²) in [7, 11) is 0. The Kier molecular flexibility index (Phi) is 8.02. The maximum Gasteiger partial charge on any atom is 0.133 e. The Morgan fingerprint density at radius 2 is 2.00 bits per heavy atom. The van der Waals surface area contributed by atoms with Gasteiger partial charge in [-0.15, -0.1) is 0 Å². The van der Waals surface area contributed by atoms with Gasteiger partial charge >= 0.3 is 0 Å². The minimum absolute atomic E-state index is 0.201. The van der Waals surface area contributed by atoms with Crippen molar-refractivity contribution in [2.24, 2.45) is 0 Å². The zero-order valence-corrected chi connectivity index (χ0v) is 19.4. The first-order chi connectivity index (χ1) is 12.7. The Morgan fingerprint density at radius 3 is 2.73 bits per heavy atom. The van der Waals surface area contributed by atoms with Gasteiger partial charge in [-0.05, 0) is 75.4 Å². The van der Waals surface area contributed by atoms with E-state index >= 15 is 0 Å². The zero-order valence-electron chi connectivity index (χ0n) is 15.1. The lowest BCUT2D eigenvalue weighted by Gasteiger charge is -2.38. The fourth-order valence-electron chi connectivity index (χ4n) is 3.44. The molecule has 1 fully saturated rings. The smallest absolute Gasteiger partial charge is 0.133 e. The maximum atomic E-state index is 6.48. The van der Waals surface area contributed by atoms with Crippen LogP contribution >= 0.6 is 45.2 Å². The Bertz CT molecular complexity index is 696. The van der Waals surface area contributed by atoms with E-state index < -0.39 is 0 Å². The standard InChI is InChI=1S/C21H26I2N2O/c1-2-6-21(26-20-10-9-17(22)13-18(20)23)19-15-25(12-11-24-19)14-16-7-4-3-5-8-16/h3-5,7-10,13,19,21,24H,2,6,11-12,14-15H2,1H3. The van der Waals surface area contributed by atoms with Crippen LogP contribution in [0.4, 0.5) is 0 Å². The summed E-state index contributed by atoms with van der Waals surface area (Å²) in [5.41, 5.74) is 1.38. The van der Waals surface area contributed by atoms with E-state index in [9.17, 15) is 0 Å². The first-order valence-electron chi connectivity index (χ1n) is 9.27. The van der Waals surface area contributed by atoms with Crippen molar-refractivity contribution in [3.63, 3.8) is 0 Å². The summed E-state index contributed by atoms with van der Waals surface area (Å²) < 4.78 is 8.91. The number of ether oxygens (including phenoxy) is 1. The average Bonchev–Trinajstić information content (AvgIpc) is 2.64. The van der Waals surface area contributed by atoms with Gasteiger partial charge in [0.1, 0.15) is 11.9 Å². The first kappa shape index (κ1) is 20.4. The van der Waals surface area contributed by atoms with Gasteiger partial charge in [0.15, 0.2) is 0 Å². The highest BCUT2D eigenvalue weighted by Gasteiger charge is 2.28. The normalized spacial score (nSPS) is 19.3. The molecular weight excluding hydrogens is 550 g/mol. The van der Waals surface area contributed by atoms with E-state index in [0.29, 0.717) is 6.04 Å². The van der Waals surface area contributed by atoms with Crippen LogP contribution in [-0.4, -0.2) is 36.7 Å². The summed E-state index contributed by atoms with van der Waals surface area (Å²) in [4.78, 5) is 2.54. The summed E-state index contributed by atoms with van der Waals surface area (Å²) in [6, 6.07) is 17.5. The third kappa shape index (κ3) is 5.81. The summed E-state index contributed by atoms with van der Waals surface area (Å²) in [5.74, 6) is 1.01. The topological polar surface area (TPSA) is 24.5 Å². The second kappa shape index (κ2) is 10.2. The molecule has 0 radical (unpaired) electrons. The monoisotopic (exact) mass is 576 g/mol. The number of hydrogen-bond acceptors (Lipinski definition) is 3. The molecule has 0 bridgehead atoms. The van der Waals surface area contributed by atoms with Crippen LogP contribution in [0, 0.1) is 7.14 Å². The number of halogens is 2.